The molecule has 1 aliphatic rings. The number of nitrogens with zero attached hydrogens (tertiary/aromatic N) is 2. The van der Waals surface area contributed by atoms with Crippen LogP contribution in [0.1, 0.15) is 35.7 Å². The Bertz CT molecular complexity index is 920. The lowest BCUT2D eigenvalue weighted by Crippen LogP contribution is -2.36. The highest BCUT2D eigenvalue weighted by atomic mass is 16.2. The van der Waals surface area contributed by atoms with Crippen molar-refractivity contribution in [3.8, 4) is 0 Å². The van der Waals surface area contributed by atoms with Gasteiger partial charge in [0.25, 0.3) is 0 Å². The van der Waals surface area contributed by atoms with E-state index in [1.807, 2.05) is 71.6 Å². The molecule has 0 unspecified atom stereocenters. The number of hydrogen-bond donors (Lipinski definition) is 0. The quantitative estimate of drug-likeness (QED) is 0.675. The minimum atomic E-state index is -0.147. The van der Waals surface area contributed by atoms with E-state index in [1.165, 1.54) is 0 Å². The van der Waals surface area contributed by atoms with E-state index in [0.29, 0.717) is 0 Å². The minimum absolute atomic E-state index is 0.000104. The van der Waals surface area contributed by atoms with Gasteiger partial charge in [0.1, 0.15) is 11.9 Å². The summed E-state index contributed by atoms with van der Waals surface area (Å²) in [5.41, 5.74) is 3.16. The molecule has 0 aliphatic carbocycles. The van der Waals surface area contributed by atoms with Gasteiger partial charge in [-0.15, -0.1) is 0 Å². The molecule has 1 heterocycles. The van der Waals surface area contributed by atoms with Gasteiger partial charge >= 0.3 is 0 Å². The lowest BCUT2D eigenvalue weighted by molar-refractivity contribution is -0.126. The van der Waals surface area contributed by atoms with Crippen molar-refractivity contribution in [2.75, 3.05) is 0 Å². The predicted molar refractivity (Wildman–Crippen MR) is 104 cm³/mol. The number of aliphatic imine (C=N–C) groups is 1. The van der Waals surface area contributed by atoms with Crippen LogP contribution in [0.4, 0.5) is 0 Å². The van der Waals surface area contributed by atoms with Gasteiger partial charge in [0.2, 0.25) is 5.91 Å². The summed E-state index contributed by atoms with van der Waals surface area (Å²) < 4.78 is 0. The molecule has 0 N–H and O–H groups in total. The zero-order valence-electron chi connectivity index (χ0n) is 14.6. The van der Waals surface area contributed by atoms with E-state index < -0.39 is 0 Å². The summed E-state index contributed by atoms with van der Waals surface area (Å²) in [6.45, 7) is 1.61. The molecule has 3 aromatic carbocycles. The third kappa shape index (κ3) is 2.92. The number of benzene rings is 3. The van der Waals surface area contributed by atoms with Gasteiger partial charge in [-0.2, -0.15) is 0 Å². The van der Waals surface area contributed by atoms with Crippen molar-refractivity contribution in [1.29, 1.82) is 0 Å². The molecule has 2 atom stereocenters. The minimum Gasteiger partial charge on any atom is -0.287 e. The highest BCUT2D eigenvalue weighted by Gasteiger charge is 2.40. The molecule has 0 fully saturated rings. The number of carbonyl (C=O) groups excluding carboxylic acids is 1. The molecule has 0 aromatic heterocycles. The predicted octanol–water partition coefficient (Wildman–Crippen LogP) is 4.78. The highest BCUT2D eigenvalue weighted by Crippen LogP contribution is 2.43. The fourth-order valence-corrected chi connectivity index (χ4v) is 3.57. The van der Waals surface area contributed by atoms with E-state index in [9.17, 15) is 4.79 Å². The lowest BCUT2D eigenvalue weighted by atomic mass is 9.93. The molecule has 0 bridgehead atoms. The summed E-state index contributed by atoms with van der Waals surface area (Å²) in [6, 6.07) is 30.0. The number of amides is 1. The van der Waals surface area contributed by atoms with Crippen LogP contribution in [0.2, 0.25) is 0 Å². The highest BCUT2D eigenvalue weighted by molar-refractivity contribution is 6.09. The van der Waals surface area contributed by atoms with Gasteiger partial charge in [0, 0.05) is 12.5 Å². The molecule has 1 aliphatic heterocycles. The number of amidine groups is 1. The van der Waals surface area contributed by atoms with Crippen LogP contribution in [0.3, 0.4) is 0 Å². The van der Waals surface area contributed by atoms with Gasteiger partial charge in [-0.3, -0.25) is 14.7 Å². The van der Waals surface area contributed by atoms with E-state index in [1.54, 1.807) is 6.92 Å². The molecule has 3 aromatic rings. The zero-order valence-corrected chi connectivity index (χ0v) is 14.6. The van der Waals surface area contributed by atoms with Gasteiger partial charge in [0.05, 0.1) is 6.04 Å². The molecule has 0 spiro atoms. The SMILES string of the molecule is CC(=O)N1C(c2ccccc2)=N[C@H](c2ccccc2)[C@H]1c1ccccc1. The second-order valence-corrected chi connectivity index (χ2v) is 6.42. The Morgan fingerprint density at radius 1 is 0.769 bits per heavy atom. The van der Waals surface area contributed by atoms with Crippen molar-refractivity contribution >= 4 is 11.7 Å². The average molecular weight is 340 g/mol. The van der Waals surface area contributed by atoms with Gasteiger partial charge in [-0.05, 0) is 11.1 Å². The normalized spacial score (nSPS) is 19.3. The van der Waals surface area contributed by atoms with Crippen LogP contribution in [0, 0.1) is 0 Å². The van der Waals surface area contributed by atoms with Gasteiger partial charge in [0.15, 0.2) is 0 Å². The molecule has 0 radical (unpaired) electrons. The number of rotatable bonds is 3. The van der Waals surface area contributed by atoms with Crippen LogP contribution >= 0.6 is 0 Å². The molecule has 0 saturated heterocycles. The van der Waals surface area contributed by atoms with Gasteiger partial charge in [-0.1, -0.05) is 91.0 Å². The van der Waals surface area contributed by atoms with Crippen molar-refractivity contribution in [2.45, 2.75) is 19.0 Å². The third-order valence-electron chi connectivity index (χ3n) is 4.72. The van der Waals surface area contributed by atoms with E-state index in [-0.39, 0.29) is 18.0 Å². The summed E-state index contributed by atoms with van der Waals surface area (Å²) in [5, 5.41) is 0. The topological polar surface area (TPSA) is 32.7 Å². The number of hydrogen-bond acceptors (Lipinski definition) is 2. The number of carbonyl (C=O) groups is 1. The Labute approximate surface area is 153 Å². The summed E-state index contributed by atoms with van der Waals surface area (Å²) in [6.07, 6.45) is 0. The van der Waals surface area contributed by atoms with E-state index in [4.69, 9.17) is 4.99 Å². The standard InChI is InChI=1S/C23H20N2O/c1-17(26)25-22(19-13-7-3-8-14-19)21(18-11-5-2-6-12-18)24-23(25)20-15-9-4-10-16-20/h2-16,21-22H,1H3/t21-,22-/m1/s1. The van der Waals surface area contributed by atoms with Crippen molar-refractivity contribution in [3.63, 3.8) is 0 Å². The van der Waals surface area contributed by atoms with E-state index >= 15 is 0 Å². The summed E-state index contributed by atoms with van der Waals surface area (Å²) >= 11 is 0. The maximum atomic E-state index is 12.6. The molecule has 3 nitrogen and oxygen atoms in total. The Morgan fingerprint density at radius 2 is 1.27 bits per heavy atom. The molecule has 0 saturated carbocycles. The molecule has 26 heavy (non-hydrogen) atoms. The first-order valence-corrected chi connectivity index (χ1v) is 8.78. The smallest absolute Gasteiger partial charge is 0.225 e. The summed E-state index contributed by atoms with van der Waals surface area (Å²) in [4.78, 5) is 19.5. The van der Waals surface area contributed by atoms with Crippen LogP contribution in [-0.2, 0) is 4.79 Å². The van der Waals surface area contributed by atoms with Crippen molar-refractivity contribution in [2.24, 2.45) is 4.99 Å². The van der Waals surface area contributed by atoms with Crippen molar-refractivity contribution in [3.05, 3.63) is 108 Å². The Kier molecular flexibility index (Phi) is 4.36. The molecular weight excluding hydrogens is 320 g/mol. The Balaban J connectivity index is 1.88. The fourth-order valence-electron chi connectivity index (χ4n) is 3.57. The Morgan fingerprint density at radius 3 is 1.81 bits per heavy atom. The van der Waals surface area contributed by atoms with Gasteiger partial charge < -0.3 is 0 Å². The van der Waals surface area contributed by atoms with Crippen LogP contribution in [0.15, 0.2) is 96.0 Å². The third-order valence-corrected chi connectivity index (χ3v) is 4.72. The largest absolute Gasteiger partial charge is 0.287 e. The van der Waals surface area contributed by atoms with Gasteiger partial charge in [-0.25, -0.2) is 0 Å². The maximum absolute atomic E-state index is 12.6. The van der Waals surface area contributed by atoms with Crippen LogP contribution in [0.25, 0.3) is 0 Å². The fraction of sp³-hybridized carbons (Fsp3) is 0.130. The second kappa shape index (κ2) is 6.96. The van der Waals surface area contributed by atoms with E-state index in [2.05, 4.69) is 24.3 Å². The zero-order chi connectivity index (χ0) is 17.9. The summed E-state index contributed by atoms with van der Waals surface area (Å²) in [5.74, 6) is 0.737. The first-order valence-electron chi connectivity index (χ1n) is 8.78. The molecular formula is C23H20N2O. The monoisotopic (exact) mass is 340 g/mol. The lowest BCUT2D eigenvalue weighted by Gasteiger charge is -2.28. The van der Waals surface area contributed by atoms with Crippen LogP contribution in [-0.4, -0.2) is 16.6 Å². The van der Waals surface area contributed by atoms with Crippen LogP contribution in [0.5, 0.6) is 0 Å². The molecule has 3 heteroatoms. The molecule has 1 amide bonds. The van der Waals surface area contributed by atoms with Crippen molar-refractivity contribution in [1.82, 2.24) is 4.90 Å². The average Bonchev–Trinajstić information content (AvgIpc) is 3.11. The van der Waals surface area contributed by atoms with E-state index in [0.717, 1.165) is 22.5 Å². The Hall–Kier alpha value is -3.20. The first-order chi connectivity index (χ1) is 12.8. The first kappa shape index (κ1) is 16.3. The second-order valence-electron chi connectivity index (χ2n) is 6.42. The molecule has 4 rings (SSSR count). The van der Waals surface area contributed by atoms with Crippen LogP contribution < -0.4 is 0 Å². The maximum Gasteiger partial charge on any atom is 0.225 e. The summed E-state index contributed by atoms with van der Waals surface area (Å²) in [7, 11) is 0. The van der Waals surface area contributed by atoms with Crippen molar-refractivity contribution < 1.29 is 4.79 Å². The molecule has 128 valence electrons.